The number of aliphatic hydroxyl groups excluding tert-OH is 3. The maximum atomic E-state index is 13.6. The predicted octanol–water partition coefficient (Wildman–Crippen LogP) is -2.74. The van der Waals surface area contributed by atoms with Crippen molar-refractivity contribution in [2.75, 3.05) is 6.61 Å². The van der Waals surface area contributed by atoms with Crippen LogP contribution in [-0.4, -0.2) is 124 Å². The van der Waals surface area contributed by atoms with Crippen LogP contribution in [0.2, 0.25) is 0 Å². The van der Waals surface area contributed by atoms with E-state index >= 15 is 0 Å². The Balaban J connectivity index is 1.46. The van der Waals surface area contributed by atoms with Crippen molar-refractivity contribution in [2.24, 2.45) is 0 Å². The van der Waals surface area contributed by atoms with Gasteiger partial charge in [0.15, 0.2) is 46.6 Å². The first-order valence-electron chi connectivity index (χ1n) is 12.8. The molecule has 4 aliphatic rings. The largest absolute Gasteiger partial charge is 0.504 e. The molecule has 44 heavy (non-hydrogen) atoms. The Morgan fingerprint density at radius 1 is 0.932 bits per heavy atom. The van der Waals surface area contributed by atoms with Gasteiger partial charge in [0.1, 0.15) is 18.3 Å². The van der Waals surface area contributed by atoms with E-state index in [-0.39, 0.29) is 0 Å². The Morgan fingerprint density at radius 3 is 2.20 bits per heavy atom. The molecular weight excluding hydrogens is 600 g/mol. The first-order valence-corrected chi connectivity index (χ1v) is 12.8. The minimum atomic E-state index is -2.90. The number of fused-ring (bicyclic) bond motifs is 2. The zero-order valence-corrected chi connectivity index (χ0v) is 21.9. The number of hydrogen-bond donors (Lipinski definition) is 10. The van der Waals surface area contributed by atoms with Gasteiger partial charge in [0.05, 0.1) is 23.7 Å². The maximum absolute atomic E-state index is 13.6. The van der Waals surface area contributed by atoms with Gasteiger partial charge in [0.2, 0.25) is 17.8 Å². The molecule has 10 N–H and O–H groups in total. The molecule has 2 fully saturated rings. The Bertz CT molecular complexity index is 1570. The van der Waals surface area contributed by atoms with Gasteiger partial charge in [-0.1, -0.05) is 0 Å². The van der Waals surface area contributed by atoms with Gasteiger partial charge in [0.25, 0.3) is 0 Å². The first kappa shape index (κ1) is 29.5. The van der Waals surface area contributed by atoms with Crippen molar-refractivity contribution in [1.82, 2.24) is 0 Å². The highest BCUT2D eigenvalue weighted by atomic mass is 16.7. The number of hydrogen-bond acceptors (Lipinski definition) is 18. The van der Waals surface area contributed by atoms with Crippen LogP contribution >= 0.6 is 0 Å². The van der Waals surface area contributed by atoms with Crippen LogP contribution in [0, 0.1) is 0 Å². The second-order valence-electron chi connectivity index (χ2n) is 10.7. The molecule has 0 spiro atoms. The fourth-order valence-electron chi connectivity index (χ4n) is 5.95. The van der Waals surface area contributed by atoms with Gasteiger partial charge in [-0.05, 0) is 18.2 Å². The number of benzene rings is 2. The van der Waals surface area contributed by atoms with Crippen LogP contribution in [0.15, 0.2) is 18.2 Å². The van der Waals surface area contributed by atoms with Crippen molar-refractivity contribution in [1.29, 1.82) is 0 Å². The summed E-state index contributed by atoms with van der Waals surface area (Å²) in [5.74, 6) is -14.9. The second-order valence-corrected chi connectivity index (χ2v) is 10.7. The summed E-state index contributed by atoms with van der Waals surface area (Å²) in [6, 6.07) is 2.03. The van der Waals surface area contributed by atoms with Gasteiger partial charge in [-0.25, -0.2) is 14.4 Å². The molecule has 18 nitrogen and oxygen atoms in total. The Kier molecular flexibility index (Phi) is 6.50. The quantitative estimate of drug-likeness (QED) is 0.0941. The SMILES string of the molecule is O=C(O[C@@H]1O[C@H](CO)[C@H]2OC(=O)[C@]3(O)C[C@@H](O)[C@]4(O)Oc5c(O)c(O)cc(c5[C@@H]43)C(=O)O[C@@H]1[C@H]2O)c1cc(O)c(O)c(O)c1. The van der Waals surface area contributed by atoms with E-state index in [2.05, 4.69) is 0 Å². The molecule has 0 unspecified atom stereocenters. The first-order chi connectivity index (χ1) is 20.6. The number of aliphatic hydroxyl groups is 5. The molecule has 1 saturated carbocycles. The standard InChI is InChI=1S/C26H24O18/c27-5-11-17-16(34)19(23(40-11)43-21(35)6-1-8(28)14(32)9(29)2-6)41-22(36)7-3-10(30)15(33)18-13(7)20-25(38,24(37)42-17)4-12(31)26(20,39)44-18/h1-3,11-12,16-17,19-20,23,27-34,38-39H,4-5H2/t11-,12-,16+,17-,19-,20-,23+,25+,26+/m1/s1. The van der Waals surface area contributed by atoms with E-state index in [0.717, 1.165) is 0 Å². The van der Waals surface area contributed by atoms with Crippen molar-refractivity contribution >= 4 is 17.9 Å². The topological polar surface area (TPSA) is 300 Å². The number of esters is 3. The van der Waals surface area contributed by atoms with Crippen molar-refractivity contribution in [3.05, 3.63) is 34.9 Å². The van der Waals surface area contributed by atoms with Gasteiger partial charge < -0.3 is 74.7 Å². The lowest BCUT2D eigenvalue weighted by molar-refractivity contribution is -0.290. The maximum Gasteiger partial charge on any atom is 0.340 e. The molecule has 0 aromatic heterocycles. The van der Waals surface area contributed by atoms with E-state index in [1.165, 1.54) is 0 Å². The van der Waals surface area contributed by atoms with E-state index < -0.39 is 136 Å². The minimum Gasteiger partial charge on any atom is -0.504 e. The molecule has 2 aromatic carbocycles. The molecule has 6 rings (SSSR count). The molecule has 9 atom stereocenters. The van der Waals surface area contributed by atoms with E-state index in [1.54, 1.807) is 0 Å². The number of rotatable bonds is 3. The average Bonchev–Trinajstić information content (AvgIpc) is 3.40. The monoisotopic (exact) mass is 624 g/mol. The van der Waals surface area contributed by atoms with Gasteiger partial charge in [0, 0.05) is 12.0 Å². The van der Waals surface area contributed by atoms with Gasteiger partial charge in [-0.2, -0.15) is 0 Å². The highest BCUT2D eigenvalue weighted by Crippen LogP contribution is 2.62. The molecule has 0 amide bonds. The summed E-state index contributed by atoms with van der Waals surface area (Å²) >= 11 is 0. The predicted molar refractivity (Wildman–Crippen MR) is 131 cm³/mol. The number of carbonyl (C=O) groups excluding carboxylic acids is 3. The number of phenols is 5. The van der Waals surface area contributed by atoms with Crippen LogP contribution in [0.3, 0.4) is 0 Å². The number of phenolic OH excluding ortho intramolecular Hbond substituents is 5. The lowest BCUT2D eigenvalue weighted by atomic mass is 9.81. The van der Waals surface area contributed by atoms with Crippen LogP contribution < -0.4 is 4.74 Å². The number of ether oxygens (including phenoxy) is 5. The van der Waals surface area contributed by atoms with Crippen LogP contribution in [0.1, 0.15) is 38.6 Å². The van der Waals surface area contributed by atoms with Crippen LogP contribution in [0.5, 0.6) is 34.5 Å². The molecular formula is C26H24O18. The molecule has 236 valence electrons. The summed E-state index contributed by atoms with van der Waals surface area (Å²) in [6.45, 7) is -1.02. The smallest absolute Gasteiger partial charge is 0.340 e. The van der Waals surface area contributed by atoms with Crippen molar-refractivity contribution < 1.29 is 89.1 Å². The van der Waals surface area contributed by atoms with Gasteiger partial charge in [-0.3, -0.25) is 0 Å². The van der Waals surface area contributed by atoms with E-state index in [9.17, 15) is 65.4 Å². The molecule has 3 heterocycles. The van der Waals surface area contributed by atoms with Crippen molar-refractivity contribution in [3.63, 3.8) is 0 Å². The van der Waals surface area contributed by atoms with E-state index in [1.807, 2.05) is 0 Å². The average molecular weight is 624 g/mol. The van der Waals surface area contributed by atoms with Crippen molar-refractivity contribution in [2.45, 2.75) is 60.5 Å². The molecule has 2 bridgehead atoms. The Morgan fingerprint density at radius 2 is 1.57 bits per heavy atom. The van der Waals surface area contributed by atoms with Crippen LogP contribution in [-0.2, 0) is 23.7 Å². The fraction of sp³-hybridized carbons (Fsp3) is 0.423. The normalized spacial score (nSPS) is 35.5. The zero-order chi connectivity index (χ0) is 32.0. The molecule has 2 aromatic rings. The van der Waals surface area contributed by atoms with Crippen LogP contribution in [0.25, 0.3) is 0 Å². The third-order valence-electron chi connectivity index (χ3n) is 8.09. The number of carbonyl (C=O) groups is 3. The summed E-state index contributed by atoms with van der Waals surface area (Å²) < 4.78 is 26.7. The molecule has 18 heteroatoms. The van der Waals surface area contributed by atoms with E-state index in [4.69, 9.17) is 23.7 Å². The third kappa shape index (κ3) is 4.00. The second kappa shape index (κ2) is 9.71. The minimum absolute atomic E-state index is 0.556. The summed E-state index contributed by atoms with van der Waals surface area (Å²) in [5.41, 5.74) is -4.77. The highest BCUT2D eigenvalue weighted by Gasteiger charge is 2.73. The zero-order valence-electron chi connectivity index (χ0n) is 21.9. The molecule has 0 radical (unpaired) electrons. The fourth-order valence-corrected chi connectivity index (χ4v) is 5.95. The summed E-state index contributed by atoms with van der Waals surface area (Å²) in [5, 5.41) is 104. The Labute approximate surface area is 244 Å². The molecule has 3 aliphatic heterocycles. The summed E-state index contributed by atoms with van der Waals surface area (Å²) in [6.07, 6.45) is -13.0. The van der Waals surface area contributed by atoms with Gasteiger partial charge in [-0.15, -0.1) is 0 Å². The summed E-state index contributed by atoms with van der Waals surface area (Å²) in [4.78, 5) is 40.0. The third-order valence-corrected chi connectivity index (χ3v) is 8.09. The highest BCUT2D eigenvalue weighted by molar-refractivity contribution is 5.96. The molecule has 1 aliphatic carbocycles. The van der Waals surface area contributed by atoms with Crippen molar-refractivity contribution in [3.8, 4) is 34.5 Å². The number of aromatic hydroxyl groups is 5. The lowest BCUT2D eigenvalue weighted by Gasteiger charge is -2.42. The van der Waals surface area contributed by atoms with Crippen LogP contribution in [0.4, 0.5) is 0 Å². The Hall–Kier alpha value is -4.59. The molecule has 1 saturated heterocycles. The van der Waals surface area contributed by atoms with E-state index in [0.29, 0.717) is 18.2 Å². The summed E-state index contributed by atoms with van der Waals surface area (Å²) in [7, 11) is 0. The lowest BCUT2D eigenvalue weighted by Crippen LogP contribution is -2.62. The van der Waals surface area contributed by atoms with Gasteiger partial charge >= 0.3 is 17.9 Å².